The summed E-state index contributed by atoms with van der Waals surface area (Å²) in [5, 5.41) is 3.39. The number of hydrogen-bond donors (Lipinski definition) is 1. The van der Waals surface area contributed by atoms with E-state index in [1.165, 1.54) is 12.4 Å². The Balaban J connectivity index is 1.72. The molecule has 0 saturated carbocycles. The predicted octanol–water partition coefficient (Wildman–Crippen LogP) is 4.15. The van der Waals surface area contributed by atoms with Gasteiger partial charge < -0.3 is 10.2 Å². The van der Waals surface area contributed by atoms with Crippen LogP contribution in [-0.2, 0) is 0 Å². The third-order valence-corrected chi connectivity index (χ3v) is 3.70. The van der Waals surface area contributed by atoms with E-state index in [0.29, 0.717) is 22.2 Å². The van der Waals surface area contributed by atoms with Gasteiger partial charge in [0, 0.05) is 35.8 Å². The summed E-state index contributed by atoms with van der Waals surface area (Å²) in [5.41, 5.74) is 2.01. The quantitative estimate of drug-likeness (QED) is 0.776. The molecule has 3 aromatic rings. The fraction of sp³-hybridized carbons (Fsp3) is 0.0556. The maximum atomic E-state index is 12.2. The van der Waals surface area contributed by atoms with Crippen molar-refractivity contribution in [2.24, 2.45) is 0 Å². The van der Waals surface area contributed by atoms with Crippen molar-refractivity contribution >= 4 is 34.8 Å². The Labute approximate surface area is 144 Å². The molecule has 1 N–H and O–H groups in total. The van der Waals surface area contributed by atoms with E-state index < -0.39 is 0 Å². The summed E-state index contributed by atoms with van der Waals surface area (Å²) in [4.78, 5) is 22.6. The first-order chi connectivity index (χ1) is 11.6. The van der Waals surface area contributed by atoms with E-state index in [9.17, 15) is 4.79 Å². The van der Waals surface area contributed by atoms with Crippen molar-refractivity contribution in [3.63, 3.8) is 0 Å². The first kappa shape index (κ1) is 16.0. The highest BCUT2D eigenvalue weighted by atomic mass is 35.5. The van der Waals surface area contributed by atoms with Crippen molar-refractivity contribution in [2.75, 3.05) is 17.3 Å². The molecule has 2 aromatic carbocycles. The number of benzene rings is 2. The lowest BCUT2D eigenvalue weighted by Crippen LogP contribution is -2.16. The van der Waals surface area contributed by atoms with E-state index in [2.05, 4.69) is 15.3 Å². The molecular formula is C18H15ClN4O. The molecule has 0 atom stereocenters. The van der Waals surface area contributed by atoms with Crippen LogP contribution in [0, 0.1) is 0 Å². The SMILES string of the molecule is CN(c1ccccc1)c1ncc(C(=O)Nc2ccc(Cl)cc2)cn1. The molecule has 0 radical (unpaired) electrons. The minimum absolute atomic E-state index is 0.272. The van der Waals surface area contributed by atoms with Gasteiger partial charge in [0.05, 0.1) is 5.56 Å². The zero-order chi connectivity index (χ0) is 16.9. The molecule has 0 spiro atoms. The maximum Gasteiger partial charge on any atom is 0.258 e. The maximum absolute atomic E-state index is 12.2. The number of nitrogens with zero attached hydrogens (tertiary/aromatic N) is 3. The minimum atomic E-state index is -0.272. The Morgan fingerprint density at radius 1 is 1.00 bits per heavy atom. The molecule has 1 heterocycles. The van der Waals surface area contributed by atoms with Crippen LogP contribution in [0.2, 0.25) is 5.02 Å². The number of halogens is 1. The summed E-state index contributed by atoms with van der Waals surface area (Å²) in [5.74, 6) is 0.246. The van der Waals surface area contributed by atoms with Gasteiger partial charge in [0.15, 0.2) is 0 Å². The number of aromatic nitrogens is 2. The summed E-state index contributed by atoms with van der Waals surface area (Å²) >= 11 is 5.83. The van der Waals surface area contributed by atoms with E-state index in [0.717, 1.165) is 5.69 Å². The highest BCUT2D eigenvalue weighted by Gasteiger charge is 2.10. The third-order valence-electron chi connectivity index (χ3n) is 3.45. The molecule has 0 bridgehead atoms. The van der Waals surface area contributed by atoms with Gasteiger partial charge in [-0.15, -0.1) is 0 Å². The Kier molecular flexibility index (Phi) is 4.72. The zero-order valence-electron chi connectivity index (χ0n) is 13.0. The molecule has 3 rings (SSSR count). The van der Waals surface area contributed by atoms with Crippen LogP contribution in [0.4, 0.5) is 17.3 Å². The van der Waals surface area contributed by atoms with Gasteiger partial charge in [-0.05, 0) is 36.4 Å². The van der Waals surface area contributed by atoms with Gasteiger partial charge in [-0.3, -0.25) is 4.79 Å². The average molecular weight is 339 g/mol. The number of anilines is 3. The van der Waals surface area contributed by atoms with Crippen LogP contribution in [0.25, 0.3) is 0 Å². The molecule has 0 aliphatic carbocycles. The first-order valence-electron chi connectivity index (χ1n) is 7.31. The van der Waals surface area contributed by atoms with Crippen molar-refractivity contribution in [3.8, 4) is 0 Å². The second-order valence-corrected chi connectivity index (χ2v) is 5.56. The summed E-state index contributed by atoms with van der Waals surface area (Å²) in [7, 11) is 1.87. The molecule has 24 heavy (non-hydrogen) atoms. The number of amides is 1. The van der Waals surface area contributed by atoms with Crippen LogP contribution in [-0.4, -0.2) is 22.9 Å². The van der Waals surface area contributed by atoms with Gasteiger partial charge in [0.25, 0.3) is 5.91 Å². The normalized spacial score (nSPS) is 10.2. The average Bonchev–Trinajstić information content (AvgIpc) is 2.64. The zero-order valence-corrected chi connectivity index (χ0v) is 13.7. The Hall–Kier alpha value is -2.92. The van der Waals surface area contributed by atoms with Gasteiger partial charge >= 0.3 is 0 Å². The summed E-state index contributed by atoms with van der Waals surface area (Å²) in [6, 6.07) is 16.7. The fourth-order valence-corrected chi connectivity index (χ4v) is 2.24. The Bertz CT molecular complexity index is 820. The van der Waals surface area contributed by atoms with Crippen LogP contribution in [0.1, 0.15) is 10.4 Å². The molecule has 0 unspecified atom stereocenters. The van der Waals surface area contributed by atoms with E-state index in [4.69, 9.17) is 11.6 Å². The molecular weight excluding hydrogens is 324 g/mol. The second kappa shape index (κ2) is 7.10. The molecule has 1 amide bonds. The van der Waals surface area contributed by atoms with Gasteiger partial charge in [-0.25, -0.2) is 9.97 Å². The van der Waals surface area contributed by atoms with Crippen LogP contribution in [0.5, 0.6) is 0 Å². The minimum Gasteiger partial charge on any atom is -0.322 e. The molecule has 6 heteroatoms. The number of rotatable bonds is 4. The van der Waals surface area contributed by atoms with E-state index in [-0.39, 0.29) is 5.91 Å². The van der Waals surface area contributed by atoms with Crippen LogP contribution in [0.3, 0.4) is 0 Å². The monoisotopic (exact) mass is 338 g/mol. The summed E-state index contributed by atoms with van der Waals surface area (Å²) in [6.07, 6.45) is 3.01. The van der Waals surface area contributed by atoms with Crippen molar-refractivity contribution in [3.05, 3.63) is 77.6 Å². The Morgan fingerprint density at radius 3 is 2.25 bits per heavy atom. The van der Waals surface area contributed by atoms with Crippen molar-refractivity contribution in [1.82, 2.24) is 9.97 Å². The van der Waals surface area contributed by atoms with Crippen molar-refractivity contribution < 1.29 is 4.79 Å². The van der Waals surface area contributed by atoms with Gasteiger partial charge in [0.2, 0.25) is 5.95 Å². The number of para-hydroxylation sites is 1. The van der Waals surface area contributed by atoms with Crippen molar-refractivity contribution in [1.29, 1.82) is 0 Å². The molecule has 0 aliphatic heterocycles. The van der Waals surface area contributed by atoms with E-state index in [1.54, 1.807) is 24.3 Å². The molecule has 0 saturated heterocycles. The van der Waals surface area contributed by atoms with Crippen LogP contribution < -0.4 is 10.2 Å². The Morgan fingerprint density at radius 2 is 1.62 bits per heavy atom. The third kappa shape index (κ3) is 3.70. The highest BCUT2D eigenvalue weighted by molar-refractivity contribution is 6.30. The number of carbonyl (C=O) groups is 1. The largest absolute Gasteiger partial charge is 0.322 e. The molecule has 0 fully saturated rings. The fourth-order valence-electron chi connectivity index (χ4n) is 2.12. The number of carbonyl (C=O) groups excluding carboxylic acids is 1. The van der Waals surface area contributed by atoms with E-state index >= 15 is 0 Å². The van der Waals surface area contributed by atoms with Gasteiger partial charge in [-0.1, -0.05) is 29.8 Å². The summed E-state index contributed by atoms with van der Waals surface area (Å²) < 4.78 is 0. The molecule has 120 valence electrons. The lowest BCUT2D eigenvalue weighted by Gasteiger charge is -2.16. The smallest absolute Gasteiger partial charge is 0.258 e. The predicted molar refractivity (Wildman–Crippen MR) is 95.9 cm³/mol. The summed E-state index contributed by atoms with van der Waals surface area (Å²) in [6.45, 7) is 0. The van der Waals surface area contributed by atoms with E-state index in [1.807, 2.05) is 42.3 Å². The lowest BCUT2D eigenvalue weighted by atomic mass is 10.2. The topological polar surface area (TPSA) is 58.1 Å². The molecule has 5 nitrogen and oxygen atoms in total. The standard InChI is InChI=1S/C18H15ClN4O/c1-23(16-5-3-2-4-6-16)18-20-11-13(12-21-18)17(24)22-15-9-7-14(19)8-10-15/h2-12H,1H3,(H,22,24). The number of nitrogens with one attached hydrogen (secondary N) is 1. The first-order valence-corrected chi connectivity index (χ1v) is 7.69. The lowest BCUT2D eigenvalue weighted by molar-refractivity contribution is 0.102. The van der Waals surface area contributed by atoms with Gasteiger partial charge in [0.1, 0.15) is 0 Å². The van der Waals surface area contributed by atoms with Gasteiger partial charge in [-0.2, -0.15) is 0 Å². The second-order valence-electron chi connectivity index (χ2n) is 5.13. The number of hydrogen-bond acceptors (Lipinski definition) is 4. The molecule has 0 aliphatic rings. The van der Waals surface area contributed by atoms with Crippen LogP contribution >= 0.6 is 11.6 Å². The molecule has 1 aromatic heterocycles. The van der Waals surface area contributed by atoms with Crippen molar-refractivity contribution in [2.45, 2.75) is 0 Å². The highest BCUT2D eigenvalue weighted by Crippen LogP contribution is 2.19. The van der Waals surface area contributed by atoms with Crippen LogP contribution in [0.15, 0.2) is 67.0 Å².